The number of cyclic esters (lactones) is 2. The van der Waals surface area contributed by atoms with E-state index in [0.29, 0.717) is 5.57 Å². The van der Waals surface area contributed by atoms with E-state index in [1.165, 1.54) is 30.4 Å². The van der Waals surface area contributed by atoms with E-state index < -0.39 is 0 Å². The van der Waals surface area contributed by atoms with Crippen LogP contribution in [0.25, 0.3) is 0 Å². The molecule has 3 nitrogen and oxygen atoms in total. The van der Waals surface area contributed by atoms with Gasteiger partial charge in [-0.2, -0.15) is 0 Å². The van der Waals surface area contributed by atoms with Crippen LogP contribution in [-0.2, 0) is 14.3 Å². The average Bonchev–Trinajstić information content (AvgIpc) is 2.65. The van der Waals surface area contributed by atoms with E-state index in [9.17, 15) is 9.59 Å². The molecule has 0 aromatic heterocycles. The summed E-state index contributed by atoms with van der Waals surface area (Å²) in [7, 11) is 0. The van der Waals surface area contributed by atoms with Crippen molar-refractivity contribution < 1.29 is 14.3 Å². The number of fused-ring (bicyclic) bond motifs is 1. The second-order valence-corrected chi connectivity index (χ2v) is 6.22. The van der Waals surface area contributed by atoms with Crippen molar-refractivity contribution >= 4 is 11.9 Å². The molecule has 0 saturated carbocycles. The molecule has 0 aromatic rings. The quantitative estimate of drug-likeness (QED) is 0.539. The lowest BCUT2D eigenvalue weighted by Gasteiger charge is -2.15. The second kappa shape index (κ2) is 5.55. The molecule has 0 N–H and O–H groups in total. The zero-order valence-electron chi connectivity index (χ0n) is 12.2. The van der Waals surface area contributed by atoms with Gasteiger partial charge in [-0.05, 0) is 63.0 Å². The SMILES string of the molecule is CC1=C(C2=C3C(=O)OC(=O)C3CCCC2)CCCCC1. The topological polar surface area (TPSA) is 43.4 Å². The first kappa shape index (κ1) is 13.6. The molecule has 3 aliphatic rings. The smallest absolute Gasteiger partial charge is 0.342 e. The Bertz CT molecular complexity index is 510. The summed E-state index contributed by atoms with van der Waals surface area (Å²) in [4.78, 5) is 24.0. The summed E-state index contributed by atoms with van der Waals surface area (Å²) in [6, 6.07) is 0. The van der Waals surface area contributed by atoms with Gasteiger partial charge in [-0.1, -0.05) is 18.4 Å². The van der Waals surface area contributed by atoms with Crippen molar-refractivity contribution in [2.45, 2.75) is 64.7 Å². The van der Waals surface area contributed by atoms with Gasteiger partial charge in [0.25, 0.3) is 0 Å². The van der Waals surface area contributed by atoms with Gasteiger partial charge in [0.15, 0.2) is 0 Å². The minimum absolute atomic E-state index is 0.288. The number of hydrogen-bond donors (Lipinski definition) is 0. The molecule has 1 saturated heterocycles. The number of esters is 2. The molecule has 20 heavy (non-hydrogen) atoms. The van der Waals surface area contributed by atoms with Crippen LogP contribution in [0.5, 0.6) is 0 Å². The summed E-state index contributed by atoms with van der Waals surface area (Å²) in [5, 5.41) is 0. The van der Waals surface area contributed by atoms with E-state index >= 15 is 0 Å². The maximum Gasteiger partial charge on any atom is 0.342 e. The Balaban J connectivity index is 2.08. The van der Waals surface area contributed by atoms with E-state index in [2.05, 4.69) is 6.92 Å². The Kier molecular flexibility index (Phi) is 3.77. The first-order chi connectivity index (χ1) is 9.68. The van der Waals surface area contributed by atoms with Gasteiger partial charge in [0, 0.05) is 0 Å². The predicted molar refractivity (Wildman–Crippen MR) is 75.9 cm³/mol. The van der Waals surface area contributed by atoms with Crippen LogP contribution in [0.15, 0.2) is 22.3 Å². The lowest BCUT2D eigenvalue weighted by atomic mass is 9.87. The first-order valence-corrected chi connectivity index (χ1v) is 7.86. The van der Waals surface area contributed by atoms with Gasteiger partial charge in [0.2, 0.25) is 0 Å². The molecule has 1 aliphatic heterocycles. The normalized spacial score (nSPS) is 28.1. The van der Waals surface area contributed by atoms with E-state index in [4.69, 9.17) is 4.74 Å². The van der Waals surface area contributed by atoms with E-state index in [-0.39, 0.29) is 17.9 Å². The Morgan fingerprint density at radius 1 is 0.900 bits per heavy atom. The maximum atomic E-state index is 12.1. The standard InChI is InChI=1S/C17H22O3/c1-11-7-3-2-4-8-12(11)13-9-5-6-10-14-15(13)17(19)20-16(14)18/h14H,2-10H2,1H3. The largest absolute Gasteiger partial charge is 0.389 e. The van der Waals surface area contributed by atoms with E-state index in [0.717, 1.165) is 44.1 Å². The average molecular weight is 274 g/mol. The second-order valence-electron chi connectivity index (χ2n) is 6.22. The molecule has 0 spiro atoms. The number of carbonyl (C=O) groups is 2. The molecular formula is C17H22O3. The van der Waals surface area contributed by atoms with Crippen molar-refractivity contribution in [1.29, 1.82) is 0 Å². The number of ether oxygens (including phenoxy) is 1. The zero-order chi connectivity index (χ0) is 14.1. The van der Waals surface area contributed by atoms with Crippen LogP contribution in [0, 0.1) is 5.92 Å². The molecule has 3 heteroatoms. The number of hydrogen-bond acceptors (Lipinski definition) is 3. The fraction of sp³-hybridized carbons (Fsp3) is 0.647. The van der Waals surface area contributed by atoms with Crippen LogP contribution >= 0.6 is 0 Å². The summed E-state index contributed by atoms with van der Waals surface area (Å²) in [6.45, 7) is 2.19. The summed E-state index contributed by atoms with van der Waals surface area (Å²) >= 11 is 0. The zero-order valence-corrected chi connectivity index (χ0v) is 12.2. The number of rotatable bonds is 1. The Labute approximate surface area is 120 Å². The van der Waals surface area contributed by atoms with Gasteiger partial charge < -0.3 is 4.74 Å². The number of carbonyl (C=O) groups excluding carboxylic acids is 2. The van der Waals surface area contributed by atoms with E-state index in [1.807, 2.05) is 0 Å². The van der Waals surface area contributed by atoms with E-state index in [1.54, 1.807) is 0 Å². The third kappa shape index (κ3) is 2.34. The third-order valence-electron chi connectivity index (χ3n) is 4.90. The van der Waals surface area contributed by atoms with Crippen molar-refractivity contribution in [2.24, 2.45) is 5.92 Å². The highest BCUT2D eigenvalue weighted by Gasteiger charge is 2.42. The minimum atomic E-state index is -0.374. The lowest BCUT2D eigenvalue weighted by Crippen LogP contribution is -2.10. The molecule has 1 heterocycles. The summed E-state index contributed by atoms with van der Waals surface area (Å²) in [6.07, 6.45) is 9.66. The molecule has 0 radical (unpaired) electrons. The summed E-state index contributed by atoms with van der Waals surface area (Å²) in [5.74, 6) is -0.985. The first-order valence-electron chi connectivity index (χ1n) is 7.86. The van der Waals surface area contributed by atoms with Gasteiger partial charge >= 0.3 is 11.9 Å². The fourth-order valence-corrected chi connectivity index (χ4v) is 3.81. The Morgan fingerprint density at radius 2 is 1.60 bits per heavy atom. The highest BCUT2D eigenvalue weighted by molar-refractivity contribution is 6.08. The van der Waals surface area contributed by atoms with Gasteiger partial charge in [-0.3, -0.25) is 4.79 Å². The van der Waals surface area contributed by atoms with Crippen molar-refractivity contribution in [3.05, 3.63) is 22.3 Å². The summed E-state index contributed by atoms with van der Waals surface area (Å²) in [5.41, 5.74) is 4.63. The monoisotopic (exact) mass is 274 g/mol. The van der Waals surface area contributed by atoms with Gasteiger partial charge in [-0.25, -0.2) is 4.79 Å². The Hall–Kier alpha value is -1.38. The van der Waals surface area contributed by atoms with Crippen molar-refractivity contribution in [3.8, 4) is 0 Å². The van der Waals surface area contributed by atoms with Crippen LogP contribution < -0.4 is 0 Å². The van der Waals surface area contributed by atoms with Gasteiger partial charge in [0.1, 0.15) is 0 Å². The molecule has 3 rings (SSSR count). The molecule has 1 fully saturated rings. The van der Waals surface area contributed by atoms with Crippen LogP contribution in [0.1, 0.15) is 64.7 Å². The van der Waals surface area contributed by atoms with Crippen molar-refractivity contribution in [2.75, 3.05) is 0 Å². The predicted octanol–water partition coefficient (Wildman–Crippen LogP) is 3.84. The highest BCUT2D eigenvalue weighted by atomic mass is 16.6. The third-order valence-corrected chi connectivity index (χ3v) is 4.90. The maximum absolute atomic E-state index is 12.1. The Morgan fingerprint density at radius 3 is 2.45 bits per heavy atom. The van der Waals surface area contributed by atoms with Crippen LogP contribution in [0.3, 0.4) is 0 Å². The van der Waals surface area contributed by atoms with Crippen molar-refractivity contribution in [1.82, 2.24) is 0 Å². The molecule has 2 aliphatic carbocycles. The van der Waals surface area contributed by atoms with Crippen LogP contribution in [0.4, 0.5) is 0 Å². The molecule has 1 atom stereocenters. The minimum Gasteiger partial charge on any atom is -0.389 e. The van der Waals surface area contributed by atoms with Crippen LogP contribution in [-0.4, -0.2) is 11.9 Å². The molecule has 1 unspecified atom stereocenters. The van der Waals surface area contributed by atoms with Crippen molar-refractivity contribution in [3.63, 3.8) is 0 Å². The number of allylic oxidation sites excluding steroid dienone is 3. The summed E-state index contributed by atoms with van der Waals surface area (Å²) < 4.78 is 4.89. The molecule has 0 amide bonds. The molecule has 108 valence electrons. The molecule has 0 aromatic carbocycles. The molecular weight excluding hydrogens is 252 g/mol. The molecule has 0 bridgehead atoms. The highest BCUT2D eigenvalue weighted by Crippen LogP contribution is 2.41. The lowest BCUT2D eigenvalue weighted by molar-refractivity contribution is -0.152. The van der Waals surface area contributed by atoms with Gasteiger partial charge in [-0.15, -0.1) is 0 Å². The fourth-order valence-electron chi connectivity index (χ4n) is 3.81. The van der Waals surface area contributed by atoms with Gasteiger partial charge in [0.05, 0.1) is 11.5 Å². The van der Waals surface area contributed by atoms with Crippen LogP contribution in [0.2, 0.25) is 0 Å².